The van der Waals surface area contributed by atoms with E-state index in [-0.39, 0.29) is 47.9 Å². The second kappa shape index (κ2) is 27.6. The van der Waals surface area contributed by atoms with Crippen LogP contribution in [0.15, 0.2) is 17.7 Å². The van der Waals surface area contributed by atoms with Gasteiger partial charge in [-0.3, -0.25) is 9.05 Å². The summed E-state index contributed by atoms with van der Waals surface area (Å²) in [7, 11) is -4.46. The number of unbranched alkanes of at least 4 members (excludes halogenated alkanes) is 13. The monoisotopic (exact) mass is 802 g/mol. The Kier molecular flexibility index (Phi) is 25.5. The summed E-state index contributed by atoms with van der Waals surface area (Å²) in [5, 5.41) is 21.7. The summed E-state index contributed by atoms with van der Waals surface area (Å²) >= 11 is 6.25. The van der Waals surface area contributed by atoms with Crippen LogP contribution < -0.4 is 4.84 Å². The molecule has 3 rings (SSSR count). The summed E-state index contributed by atoms with van der Waals surface area (Å²) in [5.74, 6) is 1.15. The van der Waals surface area contributed by atoms with Crippen molar-refractivity contribution in [2.45, 2.75) is 171 Å². The van der Waals surface area contributed by atoms with Gasteiger partial charge in [0, 0.05) is 11.9 Å². The summed E-state index contributed by atoms with van der Waals surface area (Å²) in [6.45, 7) is 6.46. The molecule has 0 aromatic carbocycles. The molecule has 2 aromatic heterocycles. The van der Waals surface area contributed by atoms with E-state index >= 15 is 0 Å². The van der Waals surface area contributed by atoms with Crippen LogP contribution in [-0.2, 0) is 23.1 Å². The summed E-state index contributed by atoms with van der Waals surface area (Å²) in [6.07, 6.45) is 18.4. The Morgan fingerprint density at radius 3 is 2.19 bits per heavy atom. The summed E-state index contributed by atoms with van der Waals surface area (Å²) in [6, 6.07) is 0. The van der Waals surface area contributed by atoms with Gasteiger partial charge in [-0.1, -0.05) is 104 Å². The number of aliphatic hydroxyl groups is 2. The van der Waals surface area contributed by atoms with Gasteiger partial charge in [-0.2, -0.15) is 11.8 Å². The predicted molar refractivity (Wildman–Crippen MR) is 210 cm³/mol. The van der Waals surface area contributed by atoms with E-state index in [2.05, 4.69) is 48.4 Å². The number of aliphatic hydroxyl groups excluding tert-OH is 2. The third kappa shape index (κ3) is 17.9. The normalized spacial score (nSPS) is 21.2. The van der Waals surface area contributed by atoms with Gasteiger partial charge in [0.2, 0.25) is 0 Å². The van der Waals surface area contributed by atoms with Crippen LogP contribution in [0, 0.1) is 0 Å². The molecular formula is C35H64N4NaO9PS2. The Bertz CT molecular complexity index is 1270. The third-order valence-electron chi connectivity index (χ3n) is 9.09. The second-order valence-electron chi connectivity index (χ2n) is 13.4. The molecular weight excluding hydrogens is 739 g/mol. The van der Waals surface area contributed by atoms with Crippen molar-refractivity contribution >= 4 is 72.9 Å². The zero-order chi connectivity index (χ0) is 36.9. The van der Waals surface area contributed by atoms with Crippen molar-refractivity contribution < 1.29 is 43.0 Å². The van der Waals surface area contributed by atoms with Crippen LogP contribution in [0.25, 0.3) is 11.2 Å². The molecule has 13 nitrogen and oxygen atoms in total. The number of thioether (sulfide) groups is 1. The van der Waals surface area contributed by atoms with Crippen molar-refractivity contribution in [2.75, 3.05) is 25.6 Å². The third-order valence-corrected chi connectivity index (χ3v) is 12.0. The van der Waals surface area contributed by atoms with E-state index in [4.69, 9.17) is 23.4 Å². The number of ether oxygens (including phenoxy) is 2. The molecule has 0 bridgehead atoms. The van der Waals surface area contributed by atoms with Gasteiger partial charge in [-0.05, 0) is 31.9 Å². The van der Waals surface area contributed by atoms with Crippen molar-refractivity contribution in [3.63, 3.8) is 0 Å². The fourth-order valence-electron chi connectivity index (χ4n) is 5.98. The van der Waals surface area contributed by atoms with Crippen molar-refractivity contribution in [3.05, 3.63) is 12.7 Å². The van der Waals surface area contributed by atoms with E-state index in [1.807, 2.05) is 11.8 Å². The molecule has 1 saturated heterocycles. The van der Waals surface area contributed by atoms with E-state index in [0.717, 1.165) is 16.9 Å². The molecule has 3 N–H and O–H groups in total. The molecule has 0 amide bonds. The molecule has 3 heterocycles. The van der Waals surface area contributed by atoms with E-state index < -0.39 is 39.0 Å². The Balaban J connectivity index is 0.00000936. The SMILES string of the molecule is CCCCCCCCCCCCSC(CCCCCCC)C(C)OCCCOP(=O)(O)OC[C@H]1O[C@@H](On2cnc3c(S)ncnc32)[C@H](O)[C@@H]1O.[NaH]. The Hall–Kier alpha value is 0. The fourth-order valence-corrected chi connectivity index (χ4v) is 8.31. The minimum atomic E-state index is -4.46. The first-order valence-corrected chi connectivity index (χ1v) is 22.1. The summed E-state index contributed by atoms with van der Waals surface area (Å²) in [4.78, 5) is 28.0. The van der Waals surface area contributed by atoms with Crippen LogP contribution in [0.4, 0.5) is 0 Å². The molecule has 0 aliphatic carbocycles. The molecule has 2 aromatic rings. The topological polar surface area (TPSA) is 168 Å². The number of phosphoric acid groups is 1. The second-order valence-corrected chi connectivity index (χ2v) is 16.6. The van der Waals surface area contributed by atoms with Crippen LogP contribution >= 0.6 is 32.2 Å². The van der Waals surface area contributed by atoms with Crippen LogP contribution in [-0.4, -0.2) is 126 Å². The van der Waals surface area contributed by atoms with Gasteiger partial charge in [0.15, 0.2) is 5.65 Å². The predicted octanol–water partition coefficient (Wildman–Crippen LogP) is 6.65. The molecule has 17 heteroatoms. The van der Waals surface area contributed by atoms with E-state index in [0.29, 0.717) is 28.8 Å². The van der Waals surface area contributed by atoms with Gasteiger partial charge < -0.3 is 29.4 Å². The zero-order valence-electron chi connectivity index (χ0n) is 30.9. The molecule has 1 fully saturated rings. The first-order chi connectivity index (χ1) is 24.7. The molecule has 1 aliphatic heterocycles. The molecule has 0 spiro atoms. The number of rotatable bonds is 30. The molecule has 3 unspecified atom stereocenters. The average molecular weight is 803 g/mol. The molecule has 1 aliphatic rings. The number of hydrogen-bond acceptors (Lipinski definition) is 13. The summed E-state index contributed by atoms with van der Waals surface area (Å²) < 4.78 is 35.7. The molecule has 52 heavy (non-hydrogen) atoms. The number of thiol groups is 1. The minimum absolute atomic E-state index is 0. The van der Waals surface area contributed by atoms with Gasteiger partial charge in [0.05, 0.1) is 19.3 Å². The van der Waals surface area contributed by atoms with E-state index in [1.165, 1.54) is 109 Å². The van der Waals surface area contributed by atoms with E-state index in [1.54, 1.807) is 0 Å². The van der Waals surface area contributed by atoms with Crippen LogP contribution in [0.3, 0.4) is 0 Å². The van der Waals surface area contributed by atoms with Gasteiger partial charge in [0.25, 0.3) is 6.29 Å². The van der Waals surface area contributed by atoms with Crippen LogP contribution in [0.2, 0.25) is 0 Å². The average Bonchev–Trinajstić information content (AvgIpc) is 3.65. The zero-order valence-corrected chi connectivity index (χ0v) is 33.5. The number of imidazole rings is 1. The van der Waals surface area contributed by atoms with Gasteiger partial charge in [-0.15, -0.1) is 17.4 Å². The van der Waals surface area contributed by atoms with Gasteiger partial charge >= 0.3 is 37.4 Å². The van der Waals surface area contributed by atoms with Crippen LogP contribution in [0.5, 0.6) is 0 Å². The number of nitrogens with zero attached hydrogens (tertiary/aromatic N) is 4. The quantitative estimate of drug-likeness (QED) is 0.0218. The number of aromatic nitrogens is 4. The maximum atomic E-state index is 12.6. The summed E-state index contributed by atoms with van der Waals surface area (Å²) in [5.41, 5.74) is 0.663. The van der Waals surface area contributed by atoms with Crippen molar-refractivity contribution in [1.29, 1.82) is 0 Å². The molecule has 296 valence electrons. The first kappa shape index (κ1) is 48.1. The van der Waals surface area contributed by atoms with Gasteiger partial charge in [0.1, 0.15) is 41.5 Å². The first-order valence-electron chi connectivity index (χ1n) is 19.1. The van der Waals surface area contributed by atoms with Gasteiger partial charge in [-0.25, -0.2) is 19.5 Å². The fraction of sp³-hybridized carbons (Fsp3) is 0.857. The number of fused-ring (bicyclic) bond motifs is 1. The Morgan fingerprint density at radius 2 is 1.52 bits per heavy atom. The Labute approximate surface area is 342 Å². The van der Waals surface area contributed by atoms with Crippen molar-refractivity contribution in [1.82, 2.24) is 19.7 Å². The maximum absolute atomic E-state index is 12.6. The Morgan fingerprint density at radius 1 is 0.885 bits per heavy atom. The van der Waals surface area contributed by atoms with Crippen molar-refractivity contribution in [2.24, 2.45) is 0 Å². The standard InChI is InChI=1S/C35H63N4O9PS2.Na.H/c1-4-6-8-10-11-12-13-14-16-18-23-51-29(20-17-15-9-7-5-2)27(3)44-21-19-22-45-49(42,43)46-24-28-31(40)32(41)35(47-28)48-39-26-38-30-33(39)36-25-37-34(30)50;;/h25-29,31-32,35,40-41H,4-24H2,1-3H3,(H,42,43)(H,36,37,50);;/t27?,28-,29?,31-,32-,35+;;/m1../s1. The molecule has 0 saturated carbocycles. The number of phosphoric ester groups is 1. The molecule has 7 atom stereocenters. The van der Waals surface area contributed by atoms with Crippen molar-refractivity contribution in [3.8, 4) is 0 Å². The molecule has 0 radical (unpaired) electrons. The number of hydrogen-bond donors (Lipinski definition) is 4. The van der Waals surface area contributed by atoms with Crippen LogP contribution in [0.1, 0.15) is 130 Å². The van der Waals surface area contributed by atoms with E-state index in [9.17, 15) is 19.7 Å².